The van der Waals surface area contributed by atoms with Crippen LogP contribution >= 0.6 is 0 Å². The zero-order valence-corrected chi connectivity index (χ0v) is 32.5. The van der Waals surface area contributed by atoms with Gasteiger partial charge in [0, 0.05) is 56.7 Å². The predicted octanol–water partition coefficient (Wildman–Crippen LogP) is 6.21. The Morgan fingerprint density at radius 1 is 0.831 bits per heavy atom. The average molecular weight is 808 g/mol. The molecule has 4 amide bonds. The fourth-order valence-electron chi connectivity index (χ4n) is 8.13. The van der Waals surface area contributed by atoms with Crippen LogP contribution in [0.2, 0.25) is 0 Å². The normalized spacial score (nSPS) is 25.2. The van der Waals surface area contributed by atoms with Crippen LogP contribution in [0.1, 0.15) is 87.4 Å². The van der Waals surface area contributed by atoms with E-state index in [1.807, 2.05) is 59.9 Å². The third-order valence-corrected chi connectivity index (χ3v) is 11.2. The first kappa shape index (κ1) is 31.1. The van der Waals surface area contributed by atoms with Crippen LogP contribution in [0, 0.1) is 11.7 Å². The predicted molar refractivity (Wildman–Crippen MR) is 224 cm³/mol. The summed E-state index contributed by atoms with van der Waals surface area (Å²) in [6.45, 7) is -9.44. The molecule has 1 unspecified atom stereocenters. The smallest absolute Gasteiger partial charge is 0.265 e. The van der Waals surface area contributed by atoms with E-state index in [0.717, 1.165) is 40.3 Å². The van der Waals surface area contributed by atoms with Crippen molar-refractivity contribution in [2.24, 2.45) is 5.92 Å². The van der Waals surface area contributed by atoms with Crippen molar-refractivity contribution in [3.63, 3.8) is 0 Å². The zero-order valence-electron chi connectivity index (χ0n) is 40.5. The van der Waals surface area contributed by atoms with Gasteiger partial charge < -0.3 is 14.7 Å². The van der Waals surface area contributed by atoms with Crippen LogP contribution in [0.5, 0.6) is 11.5 Å². The Morgan fingerprint density at radius 2 is 1.51 bits per heavy atom. The molecule has 59 heavy (non-hydrogen) atoms. The molecule has 11 nitrogen and oxygen atoms in total. The highest BCUT2D eigenvalue weighted by molar-refractivity contribution is 6.24. The van der Waals surface area contributed by atoms with E-state index >= 15 is 4.39 Å². The number of carbonyl (C=O) groups is 4. The highest BCUT2D eigenvalue weighted by atomic mass is 19.1. The van der Waals surface area contributed by atoms with Crippen molar-refractivity contribution < 1.29 is 44.4 Å². The van der Waals surface area contributed by atoms with E-state index in [0.29, 0.717) is 60.7 Å². The Morgan fingerprint density at radius 3 is 2.17 bits per heavy atom. The van der Waals surface area contributed by atoms with Gasteiger partial charge in [-0.05, 0) is 109 Å². The number of carbonyl (C=O) groups excluding carboxylic acids is 4. The molecule has 4 aromatic carbocycles. The lowest BCUT2D eigenvalue weighted by Crippen LogP contribution is -2.54. The summed E-state index contributed by atoms with van der Waals surface area (Å²) in [6.07, 6.45) is 1.30. The van der Waals surface area contributed by atoms with E-state index < -0.39 is 78.3 Å². The van der Waals surface area contributed by atoms with E-state index in [2.05, 4.69) is 24.0 Å². The third-order valence-electron chi connectivity index (χ3n) is 11.2. The number of aromatic hydroxyl groups is 1. The molecule has 8 rings (SSSR count). The SMILES string of the molecule is [2H]C1([2H])N(CC2CCN(CCOc3ccc(C(=C(CC)c4ccccc4)c4ccc(O)cc4)cc3)CC2)C([2H])([2H])C([2H])([2H])N(c2cc(F)c3c(c2)C(=O)N(C2CCC(=O)NC2=O)C3=O)C1([2H])[2H]. The summed E-state index contributed by atoms with van der Waals surface area (Å²) in [4.78, 5) is 54.5. The van der Waals surface area contributed by atoms with Gasteiger partial charge in [-0.25, -0.2) is 4.39 Å². The number of amides is 4. The molecule has 4 aliphatic rings. The number of fused-ring (bicyclic) bond motifs is 1. The number of halogens is 1. The first-order valence-electron chi connectivity index (χ1n) is 23.9. The van der Waals surface area contributed by atoms with Crippen LogP contribution in [-0.4, -0.2) is 108 Å². The fourth-order valence-corrected chi connectivity index (χ4v) is 8.13. The minimum absolute atomic E-state index is 0.140. The maximum atomic E-state index is 15.8. The lowest BCUT2D eigenvalue weighted by atomic mass is 9.88. The molecule has 3 fully saturated rings. The molecular weight excluding hydrogens is 750 g/mol. The average Bonchev–Trinajstić information content (AvgIpc) is 3.53. The Hall–Kier alpha value is -5.85. The van der Waals surface area contributed by atoms with Crippen LogP contribution in [0.15, 0.2) is 91.0 Å². The van der Waals surface area contributed by atoms with Crippen LogP contribution in [-0.2, 0) is 9.59 Å². The molecule has 0 spiro atoms. The molecule has 4 aliphatic heterocycles. The number of phenolic OH excluding ortho intramolecular Hbond substituents is 1. The van der Waals surface area contributed by atoms with Crippen molar-refractivity contribution in [3.05, 3.63) is 125 Å². The monoisotopic (exact) mass is 807 g/mol. The number of rotatable bonds is 12. The number of ether oxygens (including phenoxy) is 1. The van der Waals surface area contributed by atoms with Gasteiger partial charge in [-0.3, -0.25) is 39.2 Å². The largest absolute Gasteiger partial charge is 0.508 e. The van der Waals surface area contributed by atoms with Crippen molar-refractivity contribution >= 4 is 40.5 Å². The zero-order chi connectivity index (χ0) is 48.2. The molecule has 0 bridgehead atoms. The summed E-state index contributed by atoms with van der Waals surface area (Å²) in [5.41, 5.74) is 3.11. The van der Waals surface area contributed by atoms with Crippen LogP contribution < -0.4 is 15.0 Å². The van der Waals surface area contributed by atoms with E-state index in [1.54, 1.807) is 12.1 Å². The second-order valence-electron chi connectivity index (χ2n) is 15.0. The Bertz CT molecular complexity index is 2580. The van der Waals surface area contributed by atoms with Gasteiger partial charge in [0.25, 0.3) is 11.8 Å². The molecule has 306 valence electrons. The van der Waals surface area contributed by atoms with Gasteiger partial charge in [0.15, 0.2) is 0 Å². The molecule has 3 saturated heterocycles. The van der Waals surface area contributed by atoms with Crippen molar-refractivity contribution in [3.8, 4) is 11.5 Å². The minimum Gasteiger partial charge on any atom is -0.508 e. The van der Waals surface area contributed by atoms with Crippen LogP contribution in [0.25, 0.3) is 11.1 Å². The lowest BCUT2D eigenvalue weighted by Gasteiger charge is -2.39. The first-order chi connectivity index (χ1) is 31.7. The molecule has 0 radical (unpaired) electrons. The quantitative estimate of drug-likeness (QED) is 0.127. The van der Waals surface area contributed by atoms with Gasteiger partial charge in [-0.2, -0.15) is 0 Å². The maximum absolute atomic E-state index is 15.8. The molecule has 4 heterocycles. The number of hydrogen-bond donors (Lipinski definition) is 2. The summed E-state index contributed by atoms with van der Waals surface area (Å²) in [6, 6.07) is 25.1. The summed E-state index contributed by atoms with van der Waals surface area (Å²) in [5, 5.41) is 12.0. The molecule has 0 aromatic heterocycles. The second-order valence-corrected chi connectivity index (χ2v) is 15.0. The molecule has 1 atom stereocenters. The maximum Gasteiger partial charge on any atom is 0.265 e. The van der Waals surface area contributed by atoms with Crippen molar-refractivity contribution in [2.75, 3.05) is 63.7 Å². The summed E-state index contributed by atoms with van der Waals surface area (Å²) in [7, 11) is 0. The molecule has 0 aliphatic carbocycles. The highest BCUT2D eigenvalue weighted by Crippen LogP contribution is 2.36. The number of piperidine rings is 2. The van der Waals surface area contributed by atoms with Crippen molar-refractivity contribution in [2.45, 2.75) is 45.1 Å². The van der Waals surface area contributed by atoms with Gasteiger partial charge >= 0.3 is 0 Å². The number of phenols is 1. The number of benzene rings is 4. The van der Waals surface area contributed by atoms with Gasteiger partial charge in [0.05, 0.1) is 16.6 Å². The van der Waals surface area contributed by atoms with Crippen molar-refractivity contribution in [1.82, 2.24) is 20.0 Å². The van der Waals surface area contributed by atoms with Gasteiger partial charge in [0.1, 0.15) is 30.0 Å². The van der Waals surface area contributed by atoms with Crippen molar-refractivity contribution in [1.29, 1.82) is 0 Å². The van der Waals surface area contributed by atoms with Gasteiger partial charge in [0.2, 0.25) is 11.8 Å². The standard InChI is InChI=1S/C47H50FN5O6/c1-2-38(32-6-4-3-5-7-32)43(33-8-12-36(54)13-9-33)34-10-14-37(15-11-34)59-27-26-50-20-18-31(19-21-50)30-51-22-24-52(25-23-51)35-28-39-44(40(48)29-35)47(58)53(46(39)57)41-16-17-42(55)49-45(41)56/h3-15,28-29,31,41,54H,2,16-27,30H2,1H3,(H,49,55,56)/i22D2,23D2,24D2,25D2. The van der Waals surface area contributed by atoms with Crippen LogP contribution in [0.3, 0.4) is 0 Å². The molecule has 0 saturated carbocycles. The number of piperazine rings is 1. The van der Waals surface area contributed by atoms with Crippen LogP contribution in [0.4, 0.5) is 10.1 Å². The summed E-state index contributed by atoms with van der Waals surface area (Å²) >= 11 is 0. The lowest BCUT2D eigenvalue weighted by molar-refractivity contribution is -0.136. The molecular formula is C47H50FN5O6. The fraction of sp³-hybridized carbons (Fsp3) is 0.362. The molecule has 4 aromatic rings. The van der Waals surface area contributed by atoms with E-state index in [1.165, 1.54) is 0 Å². The Labute approximate surface area is 355 Å². The van der Waals surface area contributed by atoms with Gasteiger partial charge in [-0.1, -0.05) is 61.5 Å². The minimum atomic E-state index is -3.38. The number of likely N-dealkylation sites (tertiary alicyclic amines) is 1. The topological polar surface area (TPSA) is 123 Å². The van der Waals surface area contributed by atoms with E-state index in [-0.39, 0.29) is 36.0 Å². The second kappa shape index (κ2) is 17.6. The van der Waals surface area contributed by atoms with E-state index in [9.17, 15) is 24.3 Å². The third kappa shape index (κ3) is 8.65. The Kier molecular flexibility index (Phi) is 9.26. The number of nitrogens with one attached hydrogen (secondary N) is 1. The highest BCUT2D eigenvalue weighted by Gasteiger charge is 2.46. The number of hydrogen-bond acceptors (Lipinski definition) is 9. The number of anilines is 1. The molecule has 2 N–H and O–H groups in total. The summed E-state index contributed by atoms with van der Waals surface area (Å²) in [5.74, 6) is -4.81. The number of allylic oxidation sites excluding steroid dienone is 1. The van der Waals surface area contributed by atoms with E-state index in [4.69, 9.17) is 15.7 Å². The number of imide groups is 2. The van der Waals surface area contributed by atoms with Gasteiger partial charge in [-0.15, -0.1) is 0 Å². The Balaban J connectivity index is 0.915. The summed E-state index contributed by atoms with van der Waals surface area (Å²) < 4.78 is 94.0. The molecule has 12 heteroatoms. The first-order valence-corrected chi connectivity index (χ1v) is 19.9. The number of nitrogens with zero attached hydrogens (tertiary/aromatic N) is 4.